The lowest BCUT2D eigenvalue weighted by atomic mass is 10.0. The zero-order valence-corrected chi connectivity index (χ0v) is 9.90. The molecule has 1 N–H and O–H groups in total. The van der Waals surface area contributed by atoms with Crippen molar-refractivity contribution in [2.75, 3.05) is 0 Å². The summed E-state index contributed by atoms with van der Waals surface area (Å²) >= 11 is 0. The lowest BCUT2D eigenvalue weighted by molar-refractivity contribution is -0.132. The second kappa shape index (κ2) is 4.42. The number of hydrogen-bond donors (Lipinski definition) is 1. The summed E-state index contributed by atoms with van der Waals surface area (Å²) < 4.78 is 0. The summed E-state index contributed by atoms with van der Waals surface area (Å²) in [5.41, 5.74) is 2.49. The van der Waals surface area contributed by atoms with E-state index in [2.05, 4.69) is 25.1 Å². The fraction of sp³-hybridized carbons (Fsp3) is 0.133. The summed E-state index contributed by atoms with van der Waals surface area (Å²) in [6, 6.07) is 12.2. The molecule has 0 aliphatic heterocycles. The van der Waals surface area contributed by atoms with Crippen LogP contribution < -0.4 is 0 Å². The van der Waals surface area contributed by atoms with E-state index < -0.39 is 5.97 Å². The average molecular weight is 226 g/mol. The number of carboxylic acid groups (broad SMARTS) is 1. The first-order valence-electron chi connectivity index (χ1n) is 5.48. The van der Waals surface area contributed by atoms with E-state index in [-0.39, 0.29) is 0 Å². The molecule has 0 spiro atoms. The van der Waals surface area contributed by atoms with E-state index in [4.69, 9.17) is 5.11 Å². The summed E-state index contributed by atoms with van der Waals surface area (Å²) in [6.45, 7) is 3.66. The molecule has 0 aliphatic rings. The molecule has 0 atom stereocenters. The number of carboxylic acids is 1. The average Bonchev–Trinajstić information content (AvgIpc) is 2.29. The fourth-order valence-electron chi connectivity index (χ4n) is 1.79. The van der Waals surface area contributed by atoms with Crippen LogP contribution in [0.2, 0.25) is 0 Å². The maximum Gasteiger partial charge on any atom is 0.331 e. The van der Waals surface area contributed by atoms with Gasteiger partial charge in [-0.25, -0.2) is 4.79 Å². The Morgan fingerprint density at radius 3 is 2.47 bits per heavy atom. The molecule has 0 aliphatic carbocycles. The smallest absolute Gasteiger partial charge is 0.331 e. The third kappa shape index (κ3) is 2.53. The number of carbonyl (C=O) groups is 1. The second-order valence-electron chi connectivity index (χ2n) is 4.24. The number of aryl methyl sites for hydroxylation is 1. The SMILES string of the molecule is C/C(=C\c1ccc2cc(C)ccc2c1)C(=O)O. The standard InChI is InChI=1S/C15H14O2/c1-10-3-5-14-9-12(4-6-13(14)7-10)8-11(2)15(16)17/h3-9H,1-2H3,(H,16,17)/b11-8+. The minimum atomic E-state index is -0.881. The van der Waals surface area contributed by atoms with Crippen molar-refractivity contribution in [3.8, 4) is 0 Å². The van der Waals surface area contributed by atoms with Crippen molar-refractivity contribution in [2.24, 2.45) is 0 Å². The Bertz CT molecular complexity index is 609. The van der Waals surface area contributed by atoms with Gasteiger partial charge in [0.15, 0.2) is 0 Å². The van der Waals surface area contributed by atoms with Crippen molar-refractivity contribution in [1.29, 1.82) is 0 Å². The van der Waals surface area contributed by atoms with E-state index in [1.54, 1.807) is 13.0 Å². The first-order valence-corrected chi connectivity index (χ1v) is 5.48. The molecule has 0 aromatic heterocycles. The molecule has 0 heterocycles. The molecule has 2 heteroatoms. The minimum absolute atomic E-state index is 0.344. The van der Waals surface area contributed by atoms with Gasteiger partial charge in [0.05, 0.1) is 0 Å². The van der Waals surface area contributed by atoms with E-state index in [1.165, 1.54) is 10.9 Å². The Kier molecular flexibility index (Phi) is 2.96. The van der Waals surface area contributed by atoms with Crippen molar-refractivity contribution < 1.29 is 9.90 Å². The molecule has 2 nitrogen and oxygen atoms in total. The number of fused-ring (bicyclic) bond motifs is 1. The topological polar surface area (TPSA) is 37.3 Å². The highest BCUT2D eigenvalue weighted by atomic mass is 16.4. The Hall–Kier alpha value is -2.09. The molecule has 0 bridgehead atoms. The predicted octanol–water partition coefficient (Wildman–Crippen LogP) is 3.64. The van der Waals surface area contributed by atoms with Gasteiger partial charge in [0.25, 0.3) is 0 Å². The molecular weight excluding hydrogens is 212 g/mol. The second-order valence-corrected chi connectivity index (χ2v) is 4.24. The third-order valence-corrected chi connectivity index (χ3v) is 2.74. The molecule has 0 unspecified atom stereocenters. The van der Waals surface area contributed by atoms with Crippen LogP contribution in [0.1, 0.15) is 18.1 Å². The Balaban J connectivity index is 2.49. The van der Waals surface area contributed by atoms with E-state index in [1.807, 2.05) is 18.2 Å². The van der Waals surface area contributed by atoms with Gasteiger partial charge in [0, 0.05) is 5.57 Å². The normalized spacial score (nSPS) is 11.8. The van der Waals surface area contributed by atoms with Gasteiger partial charge < -0.3 is 5.11 Å². The van der Waals surface area contributed by atoms with E-state index in [0.29, 0.717) is 5.57 Å². The highest BCUT2D eigenvalue weighted by molar-refractivity contribution is 5.93. The Labute approximate surface area is 100 Å². The monoisotopic (exact) mass is 226 g/mol. The molecule has 0 fully saturated rings. The minimum Gasteiger partial charge on any atom is -0.478 e. The molecular formula is C15H14O2. The van der Waals surface area contributed by atoms with Crippen molar-refractivity contribution in [1.82, 2.24) is 0 Å². The molecule has 0 radical (unpaired) electrons. The van der Waals surface area contributed by atoms with Crippen molar-refractivity contribution in [3.05, 3.63) is 53.1 Å². The molecule has 86 valence electrons. The molecule has 2 rings (SSSR count). The van der Waals surface area contributed by atoms with Gasteiger partial charge in [-0.1, -0.05) is 35.9 Å². The van der Waals surface area contributed by atoms with Gasteiger partial charge in [0.2, 0.25) is 0 Å². The maximum atomic E-state index is 10.7. The summed E-state index contributed by atoms with van der Waals surface area (Å²) in [5.74, 6) is -0.881. The highest BCUT2D eigenvalue weighted by Gasteiger charge is 2.00. The predicted molar refractivity (Wildman–Crippen MR) is 70.0 cm³/mol. The van der Waals surface area contributed by atoms with Crippen LogP contribution >= 0.6 is 0 Å². The van der Waals surface area contributed by atoms with Crippen LogP contribution in [0.4, 0.5) is 0 Å². The Morgan fingerprint density at radius 1 is 1.12 bits per heavy atom. The van der Waals surface area contributed by atoms with Crippen molar-refractivity contribution >= 4 is 22.8 Å². The van der Waals surface area contributed by atoms with Gasteiger partial charge >= 0.3 is 5.97 Å². The van der Waals surface area contributed by atoms with E-state index in [0.717, 1.165) is 10.9 Å². The van der Waals surface area contributed by atoms with Gasteiger partial charge in [-0.05, 0) is 42.3 Å². The van der Waals surface area contributed by atoms with Crippen LogP contribution in [0, 0.1) is 6.92 Å². The zero-order valence-electron chi connectivity index (χ0n) is 9.90. The summed E-state index contributed by atoms with van der Waals surface area (Å²) in [6.07, 6.45) is 1.68. The van der Waals surface area contributed by atoms with Crippen LogP contribution in [0.3, 0.4) is 0 Å². The first-order chi connectivity index (χ1) is 8.06. The highest BCUT2D eigenvalue weighted by Crippen LogP contribution is 2.19. The molecule has 0 saturated carbocycles. The molecule has 2 aromatic carbocycles. The Morgan fingerprint density at radius 2 is 1.76 bits per heavy atom. The van der Waals surface area contributed by atoms with Crippen LogP contribution in [-0.2, 0) is 4.79 Å². The largest absolute Gasteiger partial charge is 0.478 e. The molecule has 2 aromatic rings. The summed E-state index contributed by atoms with van der Waals surface area (Å²) in [4.78, 5) is 10.7. The van der Waals surface area contributed by atoms with Crippen LogP contribution in [0.25, 0.3) is 16.8 Å². The lowest BCUT2D eigenvalue weighted by Gasteiger charge is -2.02. The maximum absolute atomic E-state index is 10.7. The third-order valence-electron chi connectivity index (χ3n) is 2.74. The van der Waals surface area contributed by atoms with Crippen molar-refractivity contribution in [3.63, 3.8) is 0 Å². The quantitative estimate of drug-likeness (QED) is 0.794. The molecule has 0 amide bonds. The van der Waals surface area contributed by atoms with Gasteiger partial charge in [-0.2, -0.15) is 0 Å². The van der Waals surface area contributed by atoms with Crippen LogP contribution in [0.5, 0.6) is 0 Å². The van der Waals surface area contributed by atoms with E-state index in [9.17, 15) is 4.79 Å². The van der Waals surface area contributed by atoms with Crippen LogP contribution in [0.15, 0.2) is 42.0 Å². The van der Waals surface area contributed by atoms with Crippen molar-refractivity contribution in [2.45, 2.75) is 13.8 Å². The van der Waals surface area contributed by atoms with E-state index >= 15 is 0 Å². The first kappa shape index (κ1) is 11.4. The zero-order chi connectivity index (χ0) is 12.4. The number of benzene rings is 2. The van der Waals surface area contributed by atoms with Gasteiger partial charge in [-0.3, -0.25) is 0 Å². The molecule has 0 saturated heterocycles. The molecule has 17 heavy (non-hydrogen) atoms. The summed E-state index contributed by atoms with van der Waals surface area (Å²) in [7, 11) is 0. The summed E-state index contributed by atoms with van der Waals surface area (Å²) in [5, 5.41) is 11.1. The van der Waals surface area contributed by atoms with Gasteiger partial charge in [-0.15, -0.1) is 0 Å². The fourth-order valence-corrected chi connectivity index (χ4v) is 1.79. The lowest BCUT2D eigenvalue weighted by Crippen LogP contribution is -1.95. The van der Waals surface area contributed by atoms with Gasteiger partial charge in [0.1, 0.15) is 0 Å². The number of rotatable bonds is 2. The van der Waals surface area contributed by atoms with Crippen LogP contribution in [-0.4, -0.2) is 11.1 Å². The number of aliphatic carboxylic acids is 1. The number of hydrogen-bond acceptors (Lipinski definition) is 1.